The molecule has 1 aromatic heterocycles. The largest absolute Gasteiger partial charge is 0.490 e. The second kappa shape index (κ2) is 8.02. The van der Waals surface area contributed by atoms with Gasteiger partial charge in [-0.25, -0.2) is 0 Å². The Bertz CT molecular complexity index is 869. The second-order valence-electron chi connectivity index (χ2n) is 7.29. The third-order valence-electron chi connectivity index (χ3n) is 5.00. The smallest absolute Gasteiger partial charge is 0.314 e. The van der Waals surface area contributed by atoms with Crippen LogP contribution < -0.4 is 15.4 Å². The molecule has 2 heterocycles. The molecule has 148 valence electrons. The van der Waals surface area contributed by atoms with Crippen molar-refractivity contribution in [2.24, 2.45) is 0 Å². The molecule has 2 fully saturated rings. The van der Waals surface area contributed by atoms with Gasteiger partial charge in [0.1, 0.15) is 11.9 Å². The van der Waals surface area contributed by atoms with Crippen LogP contribution in [0.3, 0.4) is 0 Å². The van der Waals surface area contributed by atoms with Crippen LogP contribution in [0.1, 0.15) is 42.9 Å². The van der Waals surface area contributed by atoms with Crippen molar-refractivity contribution in [3.05, 3.63) is 35.7 Å². The number of hydrogen-bond donors (Lipinski definition) is 3. The fraction of sp³-hybridized carbons (Fsp3) is 0.450. The lowest BCUT2D eigenvalue weighted by molar-refractivity contribution is -0.133. The fourth-order valence-electron chi connectivity index (χ4n) is 3.28. The average Bonchev–Trinajstić information content (AvgIpc) is 3.44. The first kappa shape index (κ1) is 18.5. The number of amides is 2. The van der Waals surface area contributed by atoms with E-state index in [-0.39, 0.29) is 6.10 Å². The highest BCUT2D eigenvalue weighted by Crippen LogP contribution is 2.42. The Labute approximate surface area is 163 Å². The summed E-state index contributed by atoms with van der Waals surface area (Å²) in [4.78, 5) is 24.5. The van der Waals surface area contributed by atoms with Gasteiger partial charge in [-0.3, -0.25) is 14.7 Å². The van der Waals surface area contributed by atoms with Gasteiger partial charge in [-0.2, -0.15) is 5.10 Å². The van der Waals surface area contributed by atoms with Gasteiger partial charge in [-0.05, 0) is 43.5 Å². The molecule has 0 bridgehead atoms. The van der Waals surface area contributed by atoms with Crippen LogP contribution in [0.4, 0.5) is 11.4 Å². The number of nitrogens with zero attached hydrogens (tertiary/aromatic N) is 1. The molecular formula is C20H24N4O4. The molecule has 4 rings (SSSR count). The van der Waals surface area contributed by atoms with E-state index in [0.29, 0.717) is 30.5 Å². The van der Waals surface area contributed by atoms with E-state index in [9.17, 15) is 9.59 Å². The Morgan fingerprint density at radius 3 is 2.61 bits per heavy atom. The van der Waals surface area contributed by atoms with Crippen LogP contribution in [0, 0.1) is 6.92 Å². The molecule has 0 atom stereocenters. The van der Waals surface area contributed by atoms with E-state index in [0.717, 1.165) is 42.7 Å². The summed E-state index contributed by atoms with van der Waals surface area (Å²) in [7, 11) is 0. The number of ether oxygens (including phenoxy) is 2. The zero-order valence-electron chi connectivity index (χ0n) is 15.8. The standard InChI is InChI=1S/C20H24N4O4/c1-12-10-14(4-5-17(12)28-15-6-8-27-9-7-15)22-19(25)20(26)23-16-11-21-24-18(16)13-2-3-13/h4-5,10-11,13,15H,2-3,6-9H2,1H3,(H,21,24)(H,22,25)(H,23,26). The highest BCUT2D eigenvalue weighted by Gasteiger charge is 2.29. The predicted molar refractivity (Wildman–Crippen MR) is 103 cm³/mol. The van der Waals surface area contributed by atoms with Crippen LogP contribution in [0.25, 0.3) is 0 Å². The molecule has 8 nitrogen and oxygen atoms in total. The van der Waals surface area contributed by atoms with Crippen molar-refractivity contribution in [3.63, 3.8) is 0 Å². The Morgan fingerprint density at radius 2 is 1.89 bits per heavy atom. The highest BCUT2D eigenvalue weighted by molar-refractivity contribution is 6.43. The number of carbonyl (C=O) groups excluding carboxylic acids is 2. The lowest BCUT2D eigenvalue weighted by Gasteiger charge is -2.24. The Balaban J connectivity index is 1.35. The van der Waals surface area contributed by atoms with E-state index >= 15 is 0 Å². The molecule has 2 aliphatic rings. The van der Waals surface area contributed by atoms with Crippen LogP contribution in [0.2, 0.25) is 0 Å². The molecule has 0 radical (unpaired) electrons. The van der Waals surface area contributed by atoms with E-state index in [4.69, 9.17) is 9.47 Å². The molecule has 1 aliphatic heterocycles. The summed E-state index contributed by atoms with van der Waals surface area (Å²) in [6.45, 7) is 3.34. The minimum Gasteiger partial charge on any atom is -0.490 e. The number of anilines is 2. The molecule has 3 N–H and O–H groups in total. The number of carbonyl (C=O) groups is 2. The number of nitrogens with one attached hydrogen (secondary N) is 3. The van der Waals surface area contributed by atoms with Crippen LogP contribution >= 0.6 is 0 Å². The molecule has 0 unspecified atom stereocenters. The van der Waals surface area contributed by atoms with Crippen LogP contribution in [-0.2, 0) is 14.3 Å². The summed E-state index contributed by atoms with van der Waals surface area (Å²) in [6, 6.07) is 5.35. The van der Waals surface area contributed by atoms with Gasteiger partial charge in [0, 0.05) is 24.4 Å². The summed E-state index contributed by atoms with van der Waals surface area (Å²) in [5.74, 6) is -0.266. The quantitative estimate of drug-likeness (QED) is 0.688. The summed E-state index contributed by atoms with van der Waals surface area (Å²) < 4.78 is 11.4. The lowest BCUT2D eigenvalue weighted by Crippen LogP contribution is -2.29. The monoisotopic (exact) mass is 384 g/mol. The van der Waals surface area contributed by atoms with Crippen molar-refractivity contribution in [3.8, 4) is 5.75 Å². The Morgan fingerprint density at radius 1 is 1.14 bits per heavy atom. The fourth-order valence-corrected chi connectivity index (χ4v) is 3.28. The van der Waals surface area contributed by atoms with Gasteiger partial charge in [-0.1, -0.05) is 0 Å². The molecule has 1 aliphatic carbocycles. The molecular weight excluding hydrogens is 360 g/mol. The van der Waals surface area contributed by atoms with Crippen molar-refractivity contribution < 1.29 is 19.1 Å². The van der Waals surface area contributed by atoms with Crippen molar-refractivity contribution in [2.45, 2.75) is 44.6 Å². The summed E-state index contributed by atoms with van der Waals surface area (Å²) in [6.07, 6.45) is 5.56. The van der Waals surface area contributed by atoms with E-state index < -0.39 is 11.8 Å². The van der Waals surface area contributed by atoms with E-state index in [1.54, 1.807) is 12.1 Å². The number of hydrogen-bond acceptors (Lipinski definition) is 5. The molecule has 1 saturated carbocycles. The number of aryl methyl sites for hydroxylation is 1. The van der Waals surface area contributed by atoms with Crippen LogP contribution in [-0.4, -0.2) is 41.3 Å². The van der Waals surface area contributed by atoms with Gasteiger partial charge in [0.2, 0.25) is 0 Å². The summed E-state index contributed by atoms with van der Waals surface area (Å²) in [5.41, 5.74) is 2.90. The molecule has 0 spiro atoms. The zero-order valence-corrected chi connectivity index (χ0v) is 15.8. The number of rotatable bonds is 5. The first-order valence-electron chi connectivity index (χ1n) is 9.61. The van der Waals surface area contributed by atoms with Gasteiger partial charge >= 0.3 is 11.8 Å². The SMILES string of the molecule is Cc1cc(NC(=O)C(=O)Nc2cn[nH]c2C2CC2)ccc1OC1CCOCC1. The van der Waals surface area contributed by atoms with Crippen molar-refractivity contribution in [2.75, 3.05) is 23.8 Å². The molecule has 1 saturated heterocycles. The number of aromatic nitrogens is 2. The summed E-state index contributed by atoms with van der Waals surface area (Å²) >= 11 is 0. The van der Waals surface area contributed by atoms with Crippen molar-refractivity contribution in [1.82, 2.24) is 10.2 Å². The second-order valence-corrected chi connectivity index (χ2v) is 7.29. The highest BCUT2D eigenvalue weighted by atomic mass is 16.5. The number of aromatic amines is 1. The lowest BCUT2D eigenvalue weighted by atomic mass is 10.1. The van der Waals surface area contributed by atoms with Gasteiger partial charge in [0.25, 0.3) is 0 Å². The molecule has 8 heteroatoms. The molecule has 28 heavy (non-hydrogen) atoms. The normalized spacial score (nSPS) is 17.2. The van der Waals surface area contributed by atoms with Gasteiger partial charge in [0.05, 0.1) is 30.8 Å². The number of benzene rings is 1. The third kappa shape index (κ3) is 4.33. The minimum absolute atomic E-state index is 0.147. The van der Waals surface area contributed by atoms with E-state index in [1.807, 2.05) is 13.0 Å². The topological polar surface area (TPSA) is 105 Å². The third-order valence-corrected chi connectivity index (χ3v) is 5.00. The van der Waals surface area contributed by atoms with Gasteiger partial charge in [-0.15, -0.1) is 0 Å². The van der Waals surface area contributed by atoms with E-state index in [1.165, 1.54) is 6.20 Å². The maximum Gasteiger partial charge on any atom is 0.314 e. The maximum absolute atomic E-state index is 12.2. The van der Waals surface area contributed by atoms with Crippen LogP contribution in [0.15, 0.2) is 24.4 Å². The minimum atomic E-state index is -0.722. The average molecular weight is 384 g/mol. The van der Waals surface area contributed by atoms with Crippen LogP contribution in [0.5, 0.6) is 5.75 Å². The summed E-state index contributed by atoms with van der Waals surface area (Å²) in [5, 5.41) is 12.1. The number of H-pyrrole nitrogens is 1. The van der Waals surface area contributed by atoms with Crippen molar-refractivity contribution in [1.29, 1.82) is 0 Å². The molecule has 2 aromatic rings. The first-order valence-corrected chi connectivity index (χ1v) is 9.61. The zero-order chi connectivity index (χ0) is 19.5. The van der Waals surface area contributed by atoms with Gasteiger partial charge in [0.15, 0.2) is 0 Å². The first-order chi connectivity index (χ1) is 13.6. The van der Waals surface area contributed by atoms with Crippen molar-refractivity contribution >= 4 is 23.2 Å². The predicted octanol–water partition coefficient (Wildman–Crippen LogP) is 2.73. The van der Waals surface area contributed by atoms with Gasteiger partial charge < -0.3 is 20.1 Å². The molecule has 2 amide bonds. The Kier molecular flexibility index (Phi) is 5.29. The molecule has 1 aromatic carbocycles. The maximum atomic E-state index is 12.2. The van der Waals surface area contributed by atoms with E-state index in [2.05, 4.69) is 20.8 Å². The Hall–Kier alpha value is -2.87.